The van der Waals surface area contributed by atoms with Crippen LogP contribution in [0.5, 0.6) is 0 Å². The van der Waals surface area contributed by atoms with Gasteiger partial charge in [-0.25, -0.2) is 8.42 Å². The van der Waals surface area contributed by atoms with Crippen molar-refractivity contribution in [1.82, 2.24) is 15.5 Å². The summed E-state index contributed by atoms with van der Waals surface area (Å²) in [5.41, 5.74) is 2.63. The Morgan fingerprint density at radius 1 is 1.18 bits per heavy atom. The van der Waals surface area contributed by atoms with Crippen molar-refractivity contribution in [2.45, 2.75) is 51.7 Å². The van der Waals surface area contributed by atoms with Gasteiger partial charge in [0.2, 0.25) is 0 Å². The summed E-state index contributed by atoms with van der Waals surface area (Å²) in [6.07, 6.45) is 5.76. The molecule has 2 N–H and O–H groups in total. The molecule has 2 rings (SSSR count). The molecule has 0 amide bonds. The van der Waals surface area contributed by atoms with E-state index in [0.717, 1.165) is 6.54 Å². The van der Waals surface area contributed by atoms with Gasteiger partial charge in [0.15, 0.2) is 5.96 Å². The number of nitrogens with one attached hydrogen (secondary N) is 2. The fourth-order valence-corrected chi connectivity index (χ4v) is 4.09. The molecule has 1 aliphatic rings. The largest absolute Gasteiger partial charge is 0.354 e. The number of rotatable bonds is 8. The molecule has 6 nitrogen and oxygen atoms in total. The van der Waals surface area contributed by atoms with Crippen LogP contribution in [0.3, 0.4) is 0 Å². The van der Waals surface area contributed by atoms with Gasteiger partial charge in [-0.05, 0) is 50.4 Å². The average Bonchev–Trinajstić information content (AvgIpc) is 2.65. The van der Waals surface area contributed by atoms with Crippen molar-refractivity contribution in [2.24, 2.45) is 4.99 Å². The second kappa shape index (κ2) is 12.6. The van der Waals surface area contributed by atoms with Crippen molar-refractivity contribution >= 4 is 39.8 Å². The fraction of sp³-hybridized carbons (Fsp3) is 0.650. The van der Waals surface area contributed by atoms with Crippen LogP contribution in [-0.4, -0.2) is 57.5 Å². The van der Waals surface area contributed by atoms with Gasteiger partial charge in [-0.1, -0.05) is 30.7 Å². The maximum absolute atomic E-state index is 11.3. The highest BCUT2D eigenvalue weighted by atomic mass is 127. The lowest BCUT2D eigenvalue weighted by Gasteiger charge is -2.27. The number of hydrogen-bond acceptors (Lipinski definition) is 4. The highest BCUT2D eigenvalue weighted by molar-refractivity contribution is 14.0. The Kier molecular flexibility index (Phi) is 11.4. The molecule has 0 bridgehead atoms. The third-order valence-corrected chi connectivity index (χ3v) is 5.91. The van der Waals surface area contributed by atoms with Crippen molar-refractivity contribution in [3.8, 4) is 0 Å². The second-order valence-corrected chi connectivity index (χ2v) is 9.75. The number of sulfone groups is 1. The number of benzene rings is 1. The van der Waals surface area contributed by atoms with Gasteiger partial charge >= 0.3 is 0 Å². The topological polar surface area (TPSA) is 73.8 Å². The first-order chi connectivity index (χ1) is 12.9. The minimum Gasteiger partial charge on any atom is -0.354 e. The number of guanidine groups is 1. The Morgan fingerprint density at radius 2 is 1.82 bits per heavy atom. The molecule has 1 atom stereocenters. The van der Waals surface area contributed by atoms with Crippen LogP contribution in [0.2, 0.25) is 0 Å². The van der Waals surface area contributed by atoms with E-state index in [4.69, 9.17) is 0 Å². The Bertz CT molecular complexity index is 719. The minimum atomic E-state index is -2.94. The summed E-state index contributed by atoms with van der Waals surface area (Å²) in [6.45, 7) is 6.03. The zero-order valence-electron chi connectivity index (χ0n) is 17.3. The van der Waals surface area contributed by atoms with E-state index in [-0.39, 0.29) is 35.8 Å². The minimum absolute atomic E-state index is 0. The Morgan fingerprint density at radius 3 is 2.43 bits per heavy atom. The number of halogens is 1. The monoisotopic (exact) mass is 522 g/mol. The average molecular weight is 522 g/mol. The molecule has 0 saturated carbocycles. The zero-order chi connectivity index (χ0) is 19.7. The van der Waals surface area contributed by atoms with Gasteiger partial charge in [0, 0.05) is 32.4 Å². The molecule has 1 aromatic carbocycles. The maximum Gasteiger partial charge on any atom is 0.191 e. The Balaban J connectivity index is 0.00000392. The van der Waals surface area contributed by atoms with E-state index < -0.39 is 9.84 Å². The van der Waals surface area contributed by atoms with Crippen molar-refractivity contribution in [3.05, 3.63) is 35.4 Å². The smallest absolute Gasteiger partial charge is 0.191 e. The molecule has 1 aliphatic heterocycles. The van der Waals surface area contributed by atoms with Gasteiger partial charge in [0.05, 0.1) is 5.75 Å². The summed E-state index contributed by atoms with van der Waals surface area (Å²) in [5, 5.41) is 6.64. The molecule has 0 aromatic heterocycles. The Hall–Kier alpha value is -0.870. The SMILES string of the molecule is CN=C(NCc1ccccc1CN1CCCCC1)NC(C)CCS(C)(=O)=O.I. The van der Waals surface area contributed by atoms with Gasteiger partial charge in [-0.3, -0.25) is 9.89 Å². The molecule has 0 aliphatic carbocycles. The van der Waals surface area contributed by atoms with Crippen LogP contribution in [0.15, 0.2) is 29.3 Å². The third kappa shape index (κ3) is 9.56. The molecular formula is C20H35IN4O2S. The van der Waals surface area contributed by atoms with Crippen LogP contribution >= 0.6 is 24.0 Å². The standard InChI is InChI=1S/C20H34N4O2S.HI/c1-17(11-14-27(3,25)26)23-20(21-2)22-15-18-9-5-6-10-19(18)16-24-12-7-4-8-13-24;/h5-6,9-10,17H,4,7-8,11-16H2,1-3H3,(H2,21,22,23);1H. The van der Waals surface area contributed by atoms with Crippen molar-refractivity contribution in [3.63, 3.8) is 0 Å². The van der Waals surface area contributed by atoms with Crippen LogP contribution < -0.4 is 10.6 Å². The molecule has 0 spiro atoms. The molecule has 1 heterocycles. The van der Waals surface area contributed by atoms with Crippen LogP contribution in [0.25, 0.3) is 0 Å². The lowest BCUT2D eigenvalue weighted by Crippen LogP contribution is -2.42. The molecule has 1 saturated heterocycles. The van der Waals surface area contributed by atoms with Crippen LogP contribution in [0.1, 0.15) is 43.7 Å². The first-order valence-electron chi connectivity index (χ1n) is 9.81. The number of nitrogens with zero attached hydrogens (tertiary/aromatic N) is 2. The van der Waals surface area contributed by atoms with E-state index in [9.17, 15) is 8.42 Å². The van der Waals surface area contributed by atoms with E-state index in [1.165, 1.54) is 49.7 Å². The summed E-state index contributed by atoms with van der Waals surface area (Å²) in [6, 6.07) is 8.57. The zero-order valence-corrected chi connectivity index (χ0v) is 20.4. The van der Waals surface area contributed by atoms with Crippen molar-refractivity contribution < 1.29 is 8.42 Å². The molecule has 1 aromatic rings. The molecule has 1 unspecified atom stereocenters. The van der Waals surface area contributed by atoms with Gasteiger partial charge in [-0.2, -0.15) is 0 Å². The van der Waals surface area contributed by atoms with Gasteiger partial charge in [0.1, 0.15) is 9.84 Å². The lowest BCUT2D eigenvalue weighted by molar-refractivity contribution is 0.220. The molecule has 0 radical (unpaired) electrons. The summed E-state index contributed by atoms with van der Waals surface area (Å²) in [5.74, 6) is 0.875. The number of hydrogen-bond donors (Lipinski definition) is 2. The summed E-state index contributed by atoms with van der Waals surface area (Å²) in [7, 11) is -1.21. The van der Waals surface area contributed by atoms with E-state index in [0.29, 0.717) is 18.9 Å². The predicted molar refractivity (Wildman–Crippen MR) is 128 cm³/mol. The lowest BCUT2D eigenvalue weighted by atomic mass is 10.0. The Labute approximate surface area is 187 Å². The number of piperidine rings is 1. The van der Waals surface area contributed by atoms with Crippen LogP contribution in [-0.2, 0) is 22.9 Å². The quantitative estimate of drug-likeness (QED) is 0.312. The predicted octanol–water partition coefficient (Wildman–Crippen LogP) is 2.78. The second-order valence-electron chi connectivity index (χ2n) is 7.50. The van der Waals surface area contributed by atoms with E-state index in [1.54, 1.807) is 7.05 Å². The normalized spacial score (nSPS) is 16.9. The maximum atomic E-state index is 11.3. The first kappa shape index (κ1) is 25.2. The van der Waals surface area contributed by atoms with Crippen LogP contribution in [0, 0.1) is 0 Å². The van der Waals surface area contributed by atoms with Gasteiger partial charge < -0.3 is 10.6 Å². The highest BCUT2D eigenvalue weighted by Crippen LogP contribution is 2.16. The first-order valence-corrected chi connectivity index (χ1v) is 11.9. The van der Waals surface area contributed by atoms with Crippen LogP contribution in [0.4, 0.5) is 0 Å². The molecule has 1 fully saturated rings. The number of aliphatic imine (C=N–C) groups is 1. The molecule has 160 valence electrons. The van der Waals surface area contributed by atoms with Gasteiger partial charge in [0.25, 0.3) is 0 Å². The van der Waals surface area contributed by atoms with Gasteiger partial charge in [-0.15, -0.1) is 24.0 Å². The van der Waals surface area contributed by atoms with E-state index in [1.807, 2.05) is 6.92 Å². The van der Waals surface area contributed by atoms with Crippen molar-refractivity contribution in [2.75, 3.05) is 32.1 Å². The number of likely N-dealkylation sites (tertiary alicyclic amines) is 1. The highest BCUT2D eigenvalue weighted by Gasteiger charge is 2.13. The molecular weight excluding hydrogens is 487 g/mol. The fourth-order valence-electron chi connectivity index (χ4n) is 3.31. The molecule has 28 heavy (non-hydrogen) atoms. The van der Waals surface area contributed by atoms with E-state index >= 15 is 0 Å². The van der Waals surface area contributed by atoms with Crippen molar-refractivity contribution in [1.29, 1.82) is 0 Å². The third-order valence-electron chi connectivity index (χ3n) is 4.94. The summed E-state index contributed by atoms with van der Waals surface area (Å²) in [4.78, 5) is 6.80. The summed E-state index contributed by atoms with van der Waals surface area (Å²) < 4.78 is 22.7. The molecule has 8 heteroatoms. The van der Waals surface area contributed by atoms with E-state index in [2.05, 4.69) is 44.8 Å². The summed E-state index contributed by atoms with van der Waals surface area (Å²) >= 11 is 0.